The van der Waals surface area contributed by atoms with E-state index in [0.29, 0.717) is 11.2 Å². The van der Waals surface area contributed by atoms with Crippen molar-refractivity contribution in [2.45, 2.75) is 0 Å². The number of halogens is 1. The fraction of sp³-hybridized carbons (Fsp3) is 0. The molecule has 0 amide bonds. The lowest BCUT2D eigenvalue weighted by molar-refractivity contribution is 1.01. The zero-order valence-electron chi connectivity index (χ0n) is 5.90. The molecule has 0 spiro atoms. The van der Waals surface area contributed by atoms with Crippen molar-refractivity contribution in [3.05, 3.63) is 24.0 Å². The maximum absolute atomic E-state index is 8.55. The first-order valence-corrected chi connectivity index (χ1v) is 3.55. The molecule has 12 heavy (non-hydrogen) atoms. The average Bonchev–Trinajstić information content (AvgIpc) is 2.47. The van der Waals surface area contributed by atoms with Crippen LogP contribution in [0, 0.1) is 11.3 Å². The first kappa shape index (κ1) is 7.07. The van der Waals surface area contributed by atoms with E-state index in [0.717, 1.165) is 9.59 Å². The van der Waals surface area contributed by atoms with Crippen LogP contribution in [0.2, 0.25) is 0 Å². The number of hydrogen-bond acceptors (Lipinski definition) is 3. The third-order valence-electron chi connectivity index (χ3n) is 1.50. The van der Waals surface area contributed by atoms with Crippen LogP contribution in [-0.4, -0.2) is 14.3 Å². The fourth-order valence-electron chi connectivity index (χ4n) is 0.952. The van der Waals surface area contributed by atoms with Gasteiger partial charge in [0.2, 0.25) is 0 Å². The summed E-state index contributed by atoms with van der Waals surface area (Å²) in [6.07, 6.45) is 3.03. The van der Waals surface area contributed by atoms with E-state index in [1.807, 2.05) is 6.07 Å². The van der Waals surface area contributed by atoms with E-state index in [1.54, 1.807) is 12.3 Å². The van der Waals surface area contributed by atoms with Gasteiger partial charge in [-0.2, -0.15) is 14.6 Å². The van der Waals surface area contributed by atoms with Crippen molar-refractivity contribution in [2.75, 3.05) is 0 Å². The van der Waals surface area contributed by atoms with Crippen LogP contribution in [0.4, 0.5) is 0 Å². The molecular weight excluding hydrogens is 176 g/mol. The molecule has 0 saturated heterocycles. The predicted molar refractivity (Wildman–Crippen MR) is 43.5 cm³/mol. The predicted octanol–water partition coefficient (Wildman–Crippen LogP) is 1.30. The summed E-state index contributed by atoms with van der Waals surface area (Å²) >= 11 is 5.63. The Balaban J connectivity index is 2.80. The van der Waals surface area contributed by atoms with Crippen molar-refractivity contribution < 1.29 is 0 Å². The molecule has 0 aromatic carbocycles. The van der Waals surface area contributed by atoms with Crippen molar-refractivity contribution >= 4 is 22.8 Å². The minimum atomic E-state index is 0.507. The Kier molecular flexibility index (Phi) is 1.45. The molecule has 0 aliphatic carbocycles. The Labute approximate surface area is 73.1 Å². The molecule has 2 heterocycles. The molecule has 0 atom stereocenters. The second-order valence-corrected chi connectivity index (χ2v) is 2.57. The topological polar surface area (TPSA) is 54.5 Å². The van der Waals surface area contributed by atoms with Crippen LogP contribution in [0.25, 0.3) is 11.0 Å². The molecule has 0 aliphatic rings. The lowest BCUT2D eigenvalue weighted by atomic mass is 10.2. The van der Waals surface area contributed by atoms with Gasteiger partial charge in [-0.05, 0) is 6.07 Å². The molecule has 0 radical (unpaired) electrons. The van der Waals surface area contributed by atoms with Gasteiger partial charge in [0.15, 0.2) is 5.65 Å². The standard InChI is InChI=1S/C7H3ClN4/c8-12-7-6(4-11-12)1-5(2-9)3-10-7/h1,3-4H. The number of aromatic nitrogens is 3. The van der Waals surface area contributed by atoms with Gasteiger partial charge in [-0.25, -0.2) is 4.98 Å². The molecule has 2 rings (SSSR count). The van der Waals surface area contributed by atoms with E-state index in [9.17, 15) is 0 Å². The van der Waals surface area contributed by atoms with Crippen molar-refractivity contribution in [1.82, 2.24) is 14.3 Å². The summed E-state index contributed by atoms with van der Waals surface area (Å²) in [7, 11) is 0. The SMILES string of the molecule is N#Cc1cnc2c(cnn2Cl)c1. The van der Waals surface area contributed by atoms with Crippen LogP contribution >= 0.6 is 11.8 Å². The lowest BCUT2D eigenvalue weighted by Gasteiger charge is -1.89. The fourth-order valence-corrected chi connectivity index (χ4v) is 1.14. The van der Waals surface area contributed by atoms with Crippen molar-refractivity contribution in [3.63, 3.8) is 0 Å². The third kappa shape index (κ3) is 0.917. The highest BCUT2D eigenvalue weighted by Crippen LogP contribution is 2.12. The lowest BCUT2D eigenvalue weighted by Crippen LogP contribution is -1.85. The molecule has 58 valence electrons. The van der Waals surface area contributed by atoms with E-state index >= 15 is 0 Å². The Morgan fingerprint density at radius 1 is 1.50 bits per heavy atom. The smallest absolute Gasteiger partial charge is 0.175 e. The summed E-state index contributed by atoms with van der Waals surface area (Å²) < 4.78 is 1.15. The van der Waals surface area contributed by atoms with Gasteiger partial charge in [-0.3, -0.25) is 0 Å². The minimum Gasteiger partial charge on any atom is -0.234 e. The van der Waals surface area contributed by atoms with Gasteiger partial charge < -0.3 is 0 Å². The zero-order valence-corrected chi connectivity index (χ0v) is 6.65. The van der Waals surface area contributed by atoms with Crippen molar-refractivity contribution in [1.29, 1.82) is 5.26 Å². The maximum Gasteiger partial charge on any atom is 0.175 e. The van der Waals surface area contributed by atoms with Crippen molar-refractivity contribution in [3.8, 4) is 6.07 Å². The zero-order chi connectivity index (χ0) is 8.55. The monoisotopic (exact) mass is 178 g/mol. The van der Waals surface area contributed by atoms with Crippen LogP contribution in [0.15, 0.2) is 18.5 Å². The van der Waals surface area contributed by atoms with Crippen LogP contribution < -0.4 is 0 Å². The number of fused-ring (bicyclic) bond motifs is 1. The Bertz CT molecular complexity index is 468. The molecule has 0 aliphatic heterocycles. The van der Waals surface area contributed by atoms with Crippen LogP contribution in [0.5, 0.6) is 0 Å². The number of rotatable bonds is 0. The van der Waals surface area contributed by atoms with Gasteiger partial charge in [-0.1, -0.05) is 0 Å². The van der Waals surface area contributed by atoms with Gasteiger partial charge in [0.05, 0.1) is 11.8 Å². The molecule has 0 bridgehead atoms. The van der Waals surface area contributed by atoms with Crippen LogP contribution in [0.3, 0.4) is 0 Å². The van der Waals surface area contributed by atoms with Gasteiger partial charge in [0.25, 0.3) is 0 Å². The van der Waals surface area contributed by atoms with E-state index in [4.69, 9.17) is 17.0 Å². The van der Waals surface area contributed by atoms with Crippen molar-refractivity contribution in [2.24, 2.45) is 0 Å². The summed E-state index contributed by atoms with van der Waals surface area (Å²) in [5, 5.41) is 13.1. The molecule has 0 unspecified atom stereocenters. The molecule has 0 N–H and O–H groups in total. The number of pyridine rings is 1. The molecule has 5 heteroatoms. The van der Waals surface area contributed by atoms with E-state index in [1.165, 1.54) is 6.20 Å². The molecule has 2 aromatic heterocycles. The first-order chi connectivity index (χ1) is 5.81. The Morgan fingerprint density at radius 3 is 3.08 bits per heavy atom. The summed E-state index contributed by atoms with van der Waals surface area (Å²) in [4.78, 5) is 3.96. The Hall–Kier alpha value is -1.60. The maximum atomic E-state index is 8.55. The largest absolute Gasteiger partial charge is 0.234 e. The third-order valence-corrected chi connectivity index (χ3v) is 1.74. The second-order valence-electron chi connectivity index (χ2n) is 2.25. The molecule has 2 aromatic rings. The normalized spacial score (nSPS) is 10.0. The quantitative estimate of drug-likeness (QED) is 0.611. The summed E-state index contributed by atoms with van der Waals surface area (Å²) in [6.45, 7) is 0. The van der Waals surface area contributed by atoms with Gasteiger partial charge in [0.1, 0.15) is 6.07 Å². The molecule has 0 fully saturated rings. The van der Waals surface area contributed by atoms with Crippen LogP contribution in [-0.2, 0) is 0 Å². The van der Waals surface area contributed by atoms with Gasteiger partial charge in [-0.15, -0.1) is 0 Å². The van der Waals surface area contributed by atoms with E-state index in [-0.39, 0.29) is 0 Å². The summed E-state index contributed by atoms with van der Waals surface area (Å²) in [5.74, 6) is 0. The molecule has 4 nitrogen and oxygen atoms in total. The highest BCUT2D eigenvalue weighted by molar-refractivity contribution is 6.17. The number of hydrogen-bond donors (Lipinski definition) is 0. The first-order valence-electron chi connectivity index (χ1n) is 3.21. The average molecular weight is 179 g/mol. The second kappa shape index (κ2) is 2.47. The summed E-state index contributed by atoms with van der Waals surface area (Å²) in [6, 6.07) is 3.67. The Morgan fingerprint density at radius 2 is 2.33 bits per heavy atom. The van der Waals surface area contributed by atoms with E-state index < -0.39 is 0 Å². The number of nitriles is 1. The summed E-state index contributed by atoms with van der Waals surface area (Å²) in [5.41, 5.74) is 1.07. The van der Waals surface area contributed by atoms with Crippen LogP contribution in [0.1, 0.15) is 5.56 Å². The minimum absolute atomic E-state index is 0.507. The molecular formula is C7H3ClN4. The highest BCUT2D eigenvalue weighted by Gasteiger charge is 2.02. The highest BCUT2D eigenvalue weighted by atomic mass is 35.5. The number of nitrogens with zero attached hydrogens (tertiary/aromatic N) is 4. The van der Waals surface area contributed by atoms with Gasteiger partial charge >= 0.3 is 0 Å². The van der Waals surface area contributed by atoms with Gasteiger partial charge in [0, 0.05) is 23.4 Å². The van der Waals surface area contributed by atoms with E-state index in [2.05, 4.69) is 10.1 Å². The molecule has 0 saturated carbocycles.